The summed E-state index contributed by atoms with van der Waals surface area (Å²) in [5, 5.41) is 1.19. The summed E-state index contributed by atoms with van der Waals surface area (Å²) in [6, 6.07) is 18.9. The van der Waals surface area contributed by atoms with Crippen LogP contribution in [-0.2, 0) is 6.42 Å². The quantitative estimate of drug-likeness (QED) is 0.489. The molecule has 0 radical (unpaired) electrons. The Kier molecular flexibility index (Phi) is 4.41. The van der Waals surface area contributed by atoms with Crippen molar-refractivity contribution in [3.63, 3.8) is 0 Å². The standard InChI is InChI=1S/C18H15Br2N/c1-12-10-14(19)7-9-16(12)17(20)11-15-8-6-13-4-2-3-5-18(13)21-15/h2-10,17H,11H2,1H3. The van der Waals surface area contributed by atoms with E-state index in [2.05, 4.69) is 81.2 Å². The number of para-hydroxylation sites is 1. The number of pyridine rings is 1. The second-order valence-electron chi connectivity index (χ2n) is 5.17. The fraction of sp³-hybridized carbons (Fsp3) is 0.167. The number of halogens is 2. The number of aromatic nitrogens is 1. The van der Waals surface area contributed by atoms with Gasteiger partial charge in [0.05, 0.1) is 5.52 Å². The maximum absolute atomic E-state index is 4.75. The van der Waals surface area contributed by atoms with E-state index < -0.39 is 0 Å². The van der Waals surface area contributed by atoms with Crippen LogP contribution in [0, 0.1) is 6.92 Å². The van der Waals surface area contributed by atoms with Crippen molar-refractivity contribution < 1.29 is 0 Å². The Morgan fingerprint density at radius 1 is 1.05 bits per heavy atom. The van der Waals surface area contributed by atoms with Gasteiger partial charge in [0.25, 0.3) is 0 Å². The summed E-state index contributed by atoms with van der Waals surface area (Å²) in [6.07, 6.45) is 0.882. The molecular formula is C18H15Br2N. The third-order valence-electron chi connectivity index (χ3n) is 3.61. The molecule has 3 rings (SSSR count). The van der Waals surface area contributed by atoms with Gasteiger partial charge in [0.2, 0.25) is 0 Å². The molecule has 0 aliphatic heterocycles. The van der Waals surface area contributed by atoms with Crippen LogP contribution in [0.25, 0.3) is 10.9 Å². The van der Waals surface area contributed by atoms with Gasteiger partial charge in [-0.3, -0.25) is 4.98 Å². The van der Waals surface area contributed by atoms with E-state index >= 15 is 0 Å². The van der Waals surface area contributed by atoms with Gasteiger partial charge in [-0.25, -0.2) is 0 Å². The zero-order chi connectivity index (χ0) is 14.8. The molecule has 0 aliphatic rings. The third kappa shape index (κ3) is 3.35. The summed E-state index contributed by atoms with van der Waals surface area (Å²) >= 11 is 7.32. The Bertz CT molecular complexity index is 783. The van der Waals surface area contributed by atoms with Crippen LogP contribution in [0.2, 0.25) is 0 Å². The highest BCUT2D eigenvalue weighted by Gasteiger charge is 2.12. The first-order chi connectivity index (χ1) is 10.1. The highest BCUT2D eigenvalue weighted by atomic mass is 79.9. The van der Waals surface area contributed by atoms with Crippen molar-refractivity contribution in [1.82, 2.24) is 4.98 Å². The number of hydrogen-bond donors (Lipinski definition) is 0. The third-order valence-corrected chi connectivity index (χ3v) is 4.92. The number of alkyl halides is 1. The Labute approximate surface area is 141 Å². The number of aryl methyl sites for hydroxylation is 1. The van der Waals surface area contributed by atoms with Gasteiger partial charge in [0.15, 0.2) is 0 Å². The molecule has 3 aromatic rings. The lowest BCUT2D eigenvalue weighted by Gasteiger charge is -2.13. The summed E-state index contributed by atoms with van der Waals surface area (Å²) in [5.41, 5.74) is 4.76. The van der Waals surface area contributed by atoms with Gasteiger partial charge in [-0.05, 0) is 42.3 Å². The zero-order valence-electron chi connectivity index (χ0n) is 11.7. The molecule has 3 heteroatoms. The van der Waals surface area contributed by atoms with Crippen LogP contribution in [0.15, 0.2) is 59.1 Å². The van der Waals surface area contributed by atoms with E-state index in [1.807, 2.05) is 12.1 Å². The van der Waals surface area contributed by atoms with Crippen LogP contribution in [-0.4, -0.2) is 4.98 Å². The van der Waals surface area contributed by atoms with E-state index in [4.69, 9.17) is 4.98 Å². The molecule has 1 aromatic heterocycles. The van der Waals surface area contributed by atoms with E-state index in [0.29, 0.717) is 0 Å². The predicted molar refractivity (Wildman–Crippen MR) is 96.0 cm³/mol. The molecule has 0 saturated carbocycles. The van der Waals surface area contributed by atoms with Gasteiger partial charge in [-0.1, -0.05) is 62.2 Å². The van der Waals surface area contributed by atoms with Gasteiger partial charge in [-0.2, -0.15) is 0 Å². The van der Waals surface area contributed by atoms with E-state index in [1.165, 1.54) is 16.5 Å². The van der Waals surface area contributed by atoms with Crippen molar-refractivity contribution in [2.75, 3.05) is 0 Å². The fourth-order valence-corrected chi connectivity index (χ4v) is 3.83. The van der Waals surface area contributed by atoms with Crippen molar-refractivity contribution in [3.05, 3.63) is 75.9 Å². The van der Waals surface area contributed by atoms with Gasteiger partial charge < -0.3 is 0 Å². The first kappa shape index (κ1) is 14.7. The molecular weight excluding hydrogens is 390 g/mol. The SMILES string of the molecule is Cc1cc(Br)ccc1C(Br)Cc1ccc2ccccc2n1. The Morgan fingerprint density at radius 3 is 2.67 bits per heavy atom. The van der Waals surface area contributed by atoms with Crippen molar-refractivity contribution >= 4 is 42.8 Å². The summed E-state index contributed by atoms with van der Waals surface area (Å²) in [5.74, 6) is 0. The number of hydrogen-bond acceptors (Lipinski definition) is 1. The summed E-state index contributed by atoms with van der Waals surface area (Å²) in [6.45, 7) is 2.14. The van der Waals surface area contributed by atoms with Crippen LogP contribution in [0.1, 0.15) is 21.6 Å². The number of nitrogens with zero attached hydrogens (tertiary/aromatic N) is 1. The van der Waals surface area contributed by atoms with Gasteiger partial charge >= 0.3 is 0 Å². The Balaban J connectivity index is 1.87. The molecule has 21 heavy (non-hydrogen) atoms. The molecule has 0 saturated heterocycles. The lowest BCUT2D eigenvalue weighted by atomic mass is 10.0. The van der Waals surface area contributed by atoms with Crippen LogP contribution in [0.4, 0.5) is 0 Å². The molecule has 1 atom stereocenters. The second-order valence-corrected chi connectivity index (χ2v) is 7.19. The molecule has 0 fully saturated rings. The largest absolute Gasteiger partial charge is 0.253 e. The van der Waals surface area contributed by atoms with Crippen LogP contribution >= 0.6 is 31.9 Å². The second kappa shape index (κ2) is 6.29. The van der Waals surface area contributed by atoms with Gasteiger partial charge in [0, 0.05) is 26.8 Å². The van der Waals surface area contributed by atoms with Crippen molar-refractivity contribution in [1.29, 1.82) is 0 Å². The summed E-state index contributed by atoms with van der Waals surface area (Å²) in [7, 11) is 0. The Hall–Kier alpha value is -1.19. The lowest BCUT2D eigenvalue weighted by molar-refractivity contribution is 0.904. The molecule has 1 unspecified atom stereocenters. The average molecular weight is 405 g/mol. The van der Waals surface area contributed by atoms with E-state index in [9.17, 15) is 0 Å². The van der Waals surface area contributed by atoms with E-state index in [1.54, 1.807) is 0 Å². The van der Waals surface area contributed by atoms with Gasteiger partial charge in [-0.15, -0.1) is 0 Å². The highest BCUT2D eigenvalue weighted by Crippen LogP contribution is 2.31. The fourth-order valence-electron chi connectivity index (χ4n) is 2.51. The molecule has 1 nitrogen and oxygen atoms in total. The number of benzene rings is 2. The Morgan fingerprint density at radius 2 is 1.86 bits per heavy atom. The molecule has 0 N–H and O–H groups in total. The molecule has 2 aromatic carbocycles. The molecule has 106 valence electrons. The maximum atomic E-state index is 4.75. The minimum absolute atomic E-state index is 0.277. The minimum atomic E-state index is 0.277. The van der Waals surface area contributed by atoms with Crippen molar-refractivity contribution in [2.24, 2.45) is 0 Å². The topological polar surface area (TPSA) is 12.9 Å². The molecule has 0 spiro atoms. The van der Waals surface area contributed by atoms with Crippen LogP contribution in [0.3, 0.4) is 0 Å². The van der Waals surface area contributed by atoms with Gasteiger partial charge in [0.1, 0.15) is 0 Å². The average Bonchev–Trinajstić information content (AvgIpc) is 2.47. The lowest BCUT2D eigenvalue weighted by Crippen LogP contribution is -2.00. The minimum Gasteiger partial charge on any atom is -0.253 e. The predicted octanol–water partition coefficient (Wildman–Crippen LogP) is 5.98. The smallest absolute Gasteiger partial charge is 0.0705 e. The van der Waals surface area contributed by atoms with E-state index in [-0.39, 0.29) is 4.83 Å². The summed E-state index contributed by atoms with van der Waals surface area (Å²) < 4.78 is 1.12. The van der Waals surface area contributed by atoms with Crippen LogP contribution in [0.5, 0.6) is 0 Å². The van der Waals surface area contributed by atoms with Crippen molar-refractivity contribution in [2.45, 2.75) is 18.2 Å². The number of rotatable bonds is 3. The van der Waals surface area contributed by atoms with Crippen molar-refractivity contribution in [3.8, 4) is 0 Å². The first-order valence-electron chi connectivity index (χ1n) is 6.88. The molecule has 0 amide bonds. The highest BCUT2D eigenvalue weighted by molar-refractivity contribution is 9.10. The first-order valence-corrected chi connectivity index (χ1v) is 8.59. The monoisotopic (exact) mass is 403 g/mol. The molecule has 1 heterocycles. The summed E-state index contributed by atoms with van der Waals surface area (Å²) in [4.78, 5) is 5.03. The molecule has 0 aliphatic carbocycles. The zero-order valence-corrected chi connectivity index (χ0v) is 14.9. The maximum Gasteiger partial charge on any atom is 0.0705 e. The van der Waals surface area contributed by atoms with Crippen LogP contribution < -0.4 is 0 Å². The normalized spacial score (nSPS) is 12.5. The van der Waals surface area contributed by atoms with E-state index in [0.717, 1.165) is 22.1 Å². The number of fused-ring (bicyclic) bond motifs is 1. The molecule has 0 bridgehead atoms.